The summed E-state index contributed by atoms with van der Waals surface area (Å²) in [4.78, 5) is 17.4. The number of benzene rings is 2. The third-order valence-electron chi connectivity index (χ3n) is 7.64. The lowest BCUT2D eigenvalue weighted by molar-refractivity contribution is -0.122. The van der Waals surface area contributed by atoms with Crippen LogP contribution < -0.4 is 16.6 Å². The van der Waals surface area contributed by atoms with Crippen LogP contribution >= 0.6 is 0 Å². The summed E-state index contributed by atoms with van der Waals surface area (Å²) in [5, 5.41) is 14.5. The molecule has 1 spiro atoms. The zero-order chi connectivity index (χ0) is 24.3. The number of amides is 1. The molecular formula is C27H26N8O. The predicted octanol–water partition coefficient (Wildman–Crippen LogP) is 2.86. The SMILES string of the molecule is NN1CCC2(CC1)C(=O)Nc1cc(C3=CC=C4N(Cc5ccc6ncccc6c5)N=CN4N3)ccc12. The van der Waals surface area contributed by atoms with Crippen molar-refractivity contribution in [2.24, 2.45) is 10.9 Å². The van der Waals surface area contributed by atoms with Crippen molar-refractivity contribution in [1.29, 1.82) is 0 Å². The fraction of sp³-hybridized carbons (Fsp3) is 0.222. The molecule has 1 saturated heterocycles. The number of allylic oxidation sites excluding steroid dienone is 2. The number of nitrogens with two attached hydrogens (primary N) is 1. The van der Waals surface area contributed by atoms with Gasteiger partial charge in [0.25, 0.3) is 0 Å². The van der Waals surface area contributed by atoms with E-state index in [2.05, 4.69) is 69.4 Å². The fourth-order valence-electron chi connectivity index (χ4n) is 5.61. The number of carbonyl (C=O) groups excluding carboxylic acids is 1. The first-order valence-corrected chi connectivity index (χ1v) is 12.2. The molecule has 180 valence electrons. The van der Waals surface area contributed by atoms with Gasteiger partial charge in [0.1, 0.15) is 12.2 Å². The number of nitrogens with zero attached hydrogens (tertiary/aromatic N) is 5. The molecule has 1 aromatic heterocycles. The maximum atomic E-state index is 13.0. The molecule has 7 rings (SSSR count). The van der Waals surface area contributed by atoms with E-state index in [1.807, 2.05) is 28.3 Å². The van der Waals surface area contributed by atoms with Gasteiger partial charge in [-0.3, -0.25) is 21.0 Å². The number of fused-ring (bicyclic) bond motifs is 4. The van der Waals surface area contributed by atoms with Crippen molar-refractivity contribution >= 4 is 34.5 Å². The van der Waals surface area contributed by atoms with E-state index in [1.165, 1.54) is 0 Å². The Hall–Kier alpha value is -4.21. The summed E-state index contributed by atoms with van der Waals surface area (Å²) in [6.45, 7) is 2.09. The van der Waals surface area contributed by atoms with Crippen LogP contribution in [-0.2, 0) is 16.8 Å². The van der Waals surface area contributed by atoms with Crippen LogP contribution in [0.3, 0.4) is 0 Å². The van der Waals surface area contributed by atoms with Gasteiger partial charge in [0.15, 0.2) is 0 Å². The summed E-state index contributed by atoms with van der Waals surface area (Å²) in [5.41, 5.74) is 9.05. The smallest absolute Gasteiger partial charge is 0.235 e. The third-order valence-corrected chi connectivity index (χ3v) is 7.64. The van der Waals surface area contributed by atoms with E-state index in [4.69, 9.17) is 5.84 Å². The van der Waals surface area contributed by atoms with Gasteiger partial charge in [0.05, 0.1) is 23.2 Å². The molecule has 4 aliphatic heterocycles. The highest BCUT2D eigenvalue weighted by Gasteiger charge is 2.48. The van der Waals surface area contributed by atoms with Gasteiger partial charge in [-0.15, -0.1) is 0 Å². The number of hydrogen-bond acceptors (Lipinski definition) is 8. The molecule has 2 aromatic carbocycles. The van der Waals surface area contributed by atoms with Gasteiger partial charge in [-0.05, 0) is 60.4 Å². The van der Waals surface area contributed by atoms with Crippen LogP contribution in [0, 0.1) is 0 Å². The van der Waals surface area contributed by atoms with Gasteiger partial charge >= 0.3 is 0 Å². The standard InChI is InChI=1S/C27H26N8O/c28-33-12-9-27(10-13-33)21-5-4-20(15-24(21)31-26(27)36)23-7-8-25-34(30-17-35(25)32-23)16-18-3-6-22-19(14-18)2-1-11-29-22/h1-8,11,14-15,17,32H,9-10,12-13,16,28H2,(H,31,36). The molecular weight excluding hydrogens is 452 g/mol. The number of carbonyl (C=O) groups is 1. The van der Waals surface area contributed by atoms with Crippen molar-refractivity contribution in [3.63, 3.8) is 0 Å². The molecule has 4 N–H and O–H groups in total. The molecule has 9 nitrogen and oxygen atoms in total. The van der Waals surface area contributed by atoms with Crippen molar-refractivity contribution in [2.75, 3.05) is 18.4 Å². The van der Waals surface area contributed by atoms with Gasteiger partial charge in [-0.2, -0.15) is 5.10 Å². The number of pyridine rings is 1. The van der Waals surface area contributed by atoms with Crippen LogP contribution in [0.2, 0.25) is 0 Å². The first-order chi connectivity index (χ1) is 17.6. The molecule has 0 bridgehead atoms. The molecule has 36 heavy (non-hydrogen) atoms. The Morgan fingerprint density at radius 2 is 1.94 bits per heavy atom. The van der Waals surface area contributed by atoms with Gasteiger partial charge in [-0.1, -0.05) is 24.3 Å². The maximum absolute atomic E-state index is 13.0. The lowest BCUT2D eigenvalue weighted by Crippen LogP contribution is -2.48. The molecule has 3 aromatic rings. The number of aromatic nitrogens is 1. The van der Waals surface area contributed by atoms with Crippen LogP contribution in [0.1, 0.15) is 29.5 Å². The predicted molar refractivity (Wildman–Crippen MR) is 139 cm³/mol. The zero-order valence-electron chi connectivity index (χ0n) is 19.7. The summed E-state index contributed by atoms with van der Waals surface area (Å²) >= 11 is 0. The average Bonchev–Trinajstić information content (AvgIpc) is 3.43. The molecule has 9 heteroatoms. The van der Waals surface area contributed by atoms with E-state index in [9.17, 15) is 4.79 Å². The van der Waals surface area contributed by atoms with E-state index in [0.717, 1.165) is 70.7 Å². The van der Waals surface area contributed by atoms with Gasteiger partial charge < -0.3 is 5.32 Å². The molecule has 0 aliphatic carbocycles. The number of hydrogen-bond donors (Lipinski definition) is 3. The normalized spacial score (nSPS) is 20.2. The Kier molecular flexibility index (Phi) is 4.63. The van der Waals surface area contributed by atoms with Crippen LogP contribution in [0.25, 0.3) is 16.6 Å². The molecule has 0 saturated carbocycles. The first-order valence-electron chi connectivity index (χ1n) is 12.2. The van der Waals surface area contributed by atoms with Crippen LogP contribution in [0.5, 0.6) is 0 Å². The Bertz CT molecular complexity index is 1480. The summed E-state index contributed by atoms with van der Waals surface area (Å²) in [5.74, 6) is 6.99. The minimum absolute atomic E-state index is 0.0855. The molecule has 5 heterocycles. The number of rotatable bonds is 3. The topological polar surface area (TPSA) is 102 Å². The Balaban J connectivity index is 1.13. The summed E-state index contributed by atoms with van der Waals surface area (Å²) in [6.07, 6.45) is 9.19. The van der Waals surface area contributed by atoms with E-state index >= 15 is 0 Å². The number of hydrazine groups is 2. The highest BCUT2D eigenvalue weighted by Crippen LogP contribution is 2.45. The Labute approximate surface area is 208 Å². The van der Waals surface area contributed by atoms with Crippen LogP contribution in [-0.4, -0.2) is 45.3 Å². The molecule has 0 unspecified atom stereocenters. The average molecular weight is 479 g/mol. The fourth-order valence-corrected chi connectivity index (χ4v) is 5.61. The zero-order valence-corrected chi connectivity index (χ0v) is 19.7. The monoisotopic (exact) mass is 478 g/mol. The molecule has 1 fully saturated rings. The largest absolute Gasteiger partial charge is 0.325 e. The summed E-state index contributed by atoms with van der Waals surface area (Å²) < 4.78 is 0. The quantitative estimate of drug-likeness (QED) is 0.498. The van der Waals surface area contributed by atoms with E-state index < -0.39 is 5.41 Å². The number of anilines is 1. The highest BCUT2D eigenvalue weighted by molar-refractivity contribution is 6.06. The minimum Gasteiger partial charge on any atom is -0.325 e. The number of nitrogens with one attached hydrogen (secondary N) is 2. The molecule has 1 amide bonds. The molecule has 4 aliphatic rings. The van der Waals surface area contributed by atoms with Gasteiger partial charge in [0.2, 0.25) is 5.91 Å². The second kappa shape index (κ2) is 7.91. The van der Waals surface area contributed by atoms with Crippen molar-refractivity contribution in [3.8, 4) is 0 Å². The van der Waals surface area contributed by atoms with E-state index in [1.54, 1.807) is 11.3 Å². The Morgan fingerprint density at radius 1 is 1.06 bits per heavy atom. The van der Waals surface area contributed by atoms with Crippen LogP contribution in [0.4, 0.5) is 5.69 Å². The number of piperidine rings is 1. The maximum Gasteiger partial charge on any atom is 0.235 e. The highest BCUT2D eigenvalue weighted by atomic mass is 16.2. The first kappa shape index (κ1) is 21.1. The molecule has 0 atom stereocenters. The summed E-state index contributed by atoms with van der Waals surface area (Å²) in [7, 11) is 0. The summed E-state index contributed by atoms with van der Waals surface area (Å²) in [6, 6.07) is 16.6. The molecule has 0 radical (unpaired) electrons. The van der Waals surface area contributed by atoms with Gasteiger partial charge in [0, 0.05) is 35.9 Å². The Morgan fingerprint density at radius 3 is 2.83 bits per heavy atom. The lowest BCUT2D eigenvalue weighted by atomic mass is 9.74. The van der Waals surface area contributed by atoms with Crippen molar-refractivity contribution in [1.82, 2.24) is 25.4 Å². The van der Waals surface area contributed by atoms with Crippen molar-refractivity contribution in [3.05, 3.63) is 89.4 Å². The van der Waals surface area contributed by atoms with Crippen molar-refractivity contribution in [2.45, 2.75) is 24.8 Å². The van der Waals surface area contributed by atoms with E-state index in [-0.39, 0.29) is 5.91 Å². The second-order valence-electron chi connectivity index (χ2n) is 9.74. The number of hydrazone groups is 1. The lowest BCUT2D eigenvalue weighted by Gasteiger charge is -2.35. The third kappa shape index (κ3) is 3.28. The van der Waals surface area contributed by atoms with Crippen LogP contribution in [0.15, 0.2) is 77.8 Å². The minimum atomic E-state index is -0.466. The van der Waals surface area contributed by atoms with Gasteiger partial charge in [-0.25, -0.2) is 15.0 Å². The second-order valence-corrected chi connectivity index (χ2v) is 9.74. The van der Waals surface area contributed by atoms with Crippen molar-refractivity contribution < 1.29 is 4.79 Å². The van der Waals surface area contributed by atoms with E-state index in [0.29, 0.717) is 6.54 Å².